The Labute approximate surface area is 81.9 Å². The standard InChI is InChI=1S/C10H10N2O2/c1-6-3-4-7(5-11)9(14-2)8(6)10(12)13/h3-4H,1-2H3,(H2,12,13). The van der Waals surface area contributed by atoms with Crippen molar-refractivity contribution in [1.29, 1.82) is 5.26 Å². The molecule has 0 heterocycles. The Balaban J connectivity index is 3.53. The summed E-state index contributed by atoms with van der Waals surface area (Å²) in [5.74, 6) is -0.337. The van der Waals surface area contributed by atoms with Crippen LogP contribution in [0.5, 0.6) is 5.75 Å². The van der Waals surface area contributed by atoms with Crippen LogP contribution in [0.1, 0.15) is 21.5 Å². The number of hydrogen-bond acceptors (Lipinski definition) is 3. The molecule has 0 fully saturated rings. The SMILES string of the molecule is COc1c(C#N)ccc(C)c1C(N)=O. The average Bonchev–Trinajstić information content (AvgIpc) is 2.16. The largest absolute Gasteiger partial charge is 0.495 e. The minimum atomic E-state index is -0.587. The molecule has 0 spiro atoms. The van der Waals surface area contributed by atoms with Crippen LogP contribution >= 0.6 is 0 Å². The van der Waals surface area contributed by atoms with E-state index in [1.165, 1.54) is 7.11 Å². The molecule has 0 unspecified atom stereocenters. The third kappa shape index (κ3) is 1.52. The summed E-state index contributed by atoms with van der Waals surface area (Å²) < 4.78 is 4.99. The Bertz CT molecular complexity index is 419. The van der Waals surface area contributed by atoms with Gasteiger partial charge in [-0.3, -0.25) is 4.79 Å². The number of primary amides is 1. The lowest BCUT2D eigenvalue weighted by molar-refractivity contribution is 0.0996. The van der Waals surface area contributed by atoms with Gasteiger partial charge in [-0.2, -0.15) is 5.26 Å². The zero-order chi connectivity index (χ0) is 10.7. The molecule has 2 N–H and O–H groups in total. The summed E-state index contributed by atoms with van der Waals surface area (Å²) >= 11 is 0. The van der Waals surface area contributed by atoms with Gasteiger partial charge in [0.05, 0.1) is 18.2 Å². The second-order valence-corrected chi connectivity index (χ2v) is 2.81. The molecule has 0 aliphatic heterocycles. The summed E-state index contributed by atoms with van der Waals surface area (Å²) in [5, 5.41) is 8.76. The van der Waals surface area contributed by atoms with E-state index >= 15 is 0 Å². The normalized spacial score (nSPS) is 9.21. The molecular weight excluding hydrogens is 180 g/mol. The first-order chi connectivity index (χ1) is 6.61. The van der Waals surface area contributed by atoms with Crippen LogP contribution in [-0.2, 0) is 0 Å². The maximum absolute atomic E-state index is 11.1. The van der Waals surface area contributed by atoms with Crippen molar-refractivity contribution < 1.29 is 9.53 Å². The number of rotatable bonds is 2. The molecule has 0 bridgehead atoms. The summed E-state index contributed by atoms with van der Waals surface area (Å²) in [6.45, 7) is 1.74. The summed E-state index contributed by atoms with van der Waals surface area (Å²) in [6.07, 6.45) is 0. The fourth-order valence-electron chi connectivity index (χ4n) is 1.29. The molecule has 72 valence electrons. The smallest absolute Gasteiger partial charge is 0.252 e. The lowest BCUT2D eigenvalue weighted by Crippen LogP contribution is -2.14. The second kappa shape index (κ2) is 3.79. The fourth-order valence-corrected chi connectivity index (χ4v) is 1.29. The summed E-state index contributed by atoms with van der Waals surface area (Å²) in [5.41, 5.74) is 6.47. The van der Waals surface area contributed by atoms with E-state index < -0.39 is 5.91 Å². The number of hydrogen-bond donors (Lipinski definition) is 1. The lowest BCUT2D eigenvalue weighted by Gasteiger charge is -2.09. The molecule has 4 nitrogen and oxygen atoms in total. The van der Waals surface area contributed by atoms with Crippen molar-refractivity contribution in [3.8, 4) is 11.8 Å². The third-order valence-electron chi connectivity index (χ3n) is 1.94. The van der Waals surface area contributed by atoms with Crippen molar-refractivity contribution in [1.82, 2.24) is 0 Å². The van der Waals surface area contributed by atoms with Gasteiger partial charge in [0.25, 0.3) is 5.91 Å². The fraction of sp³-hybridized carbons (Fsp3) is 0.200. The molecule has 1 aromatic rings. The van der Waals surface area contributed by atoms with E-state index in [0.717, 1.165) is 0 Å². The van der Waals surface area contributed by atoms with Gasteiger partial charge >= 0.3 is 0 Å². The number of ether oxygens (including phenoxy) is 1. The predicted octanol–water partition coefficient (Wildman–Crippen LogP) is 0.974. The molecule has 1 rings (SSSR count). The Kier molecular flexibility index (Phi) is 2.73. The Morgan fingerprint density at radius 3 is 2.64 bits per heavy atom. The van der Waals surface area contributed by atoms with Crippen molar-refractivity contribution >= 4 is 5.91 Å². The van der Waals surface area contributed by atoms with Crippen molar-refractivity contribution in [2.75, 3.05) is 7.11 Å². The molecule has 14 heavy (non-hydrogen) atoms. The summed E-state index contributed by atoms with van der Waals surface area (Å²) in [7, 11) is 1.40. The van der Waals surface area contributed by atoms with Crippen LogP contribution in [-0.4, -0.2) is 13.0 Å². The highest BCUT2D eigenvalue weighted by Crippen LogP contribution is 2.25. The lowest BCUT2D eigenvalue weighted by atomic mass is 10.0. The average molecular weight is 190 g/mol. The zero-order valence-electron chi connectivity index (χ0n) is 8.00. The van der Waals surface area contributed by atoms with Gasteiger partial charge in [-0.25, -0.2) is 0 Å². The van der Waals surface area contributed by atoms with E-state index in [4.69, 9.17) is 15.7 Å². The van der Waals surface area contributed by atoms with E-state index in [1.54, 1.807) is 19.1 Å². The molecule has 0 aliphatic rings. The Morgan fingerprint density at radius 2 is 2.21 bits per heavy atom. The molecule has 0 saturated heterocycles. The first-order valence-electron chi connectivity index (χ1n) is 3.99. The number of benzene rings is 1. The highest BCUT2D eigenvalue weighted by Gasteiger charge is 2.15. The van der Waals surface area contributed by atoms with Crippen LogP contribution in [0, 0.1) is 18.3 Å². The van der Waals surface area contributed by atoms with Gasteiger partial charge in [0, 0.05) is 0 Å². The number of nitrogens with two attached hydrogens (primary N) is 1. The van der Waals surface area contributed by atoms with Crippen LogP contribution in [0.3, 0.4) is 0 Å². The molecule has 0 atom stereocenters. The van der Waals surface area contributed by atoms with Gasteiger partial charge in [-0.05, 0) is 18.6 Å². The Hall–Kier alpha value is -2.02. The van der Waals surface area contributed by atoms with E-state index in [-0.39, 0.29) is 11.3 Å². The second-order valence-electron chi connectivity index (χ2n) is 2.81. The highest BCUT2D eigenvalue weighted by atomic mass is 16.5. The molecule has 0 aromatic heterocycles. The number of nitriles is 1. The summed E-state index contributed by atoms with van der Waals surface area (Å²) in [4.78, 5) is 11.1. The van der Waals surface area contributed by atoms with Crippen molar-refractivity contribution in [3.63, 3.8) is 0 Å². The zero-order valence-corrected chi connectivity index (χ0v) is 8.00. The van der Waals surface area contributed by atoms with Crippen LogP contribution in [0.4, 0.5) is 0 Å². The summed E-state index contributed by atoms with van der Waals surface area (Å²) in [6, 6.07) is 5.20. The van der Waals surface area contributed by atoms with Crippen LogP contribution in [0.15, 0.2) is 12.1 Å². The Morgan fingerprint density at radius 1 is 1.57 bits per heavy atom. The minimum absolute atomic E-state index is 0.250. The number of methoxy groups -OCH3 is 1. The van der Waals surface area contributed by atoms with E-state index in [1.807, 2.05) is 6.07 Å². The maximum atomic E-state index is 11.1. The molecule has 0 radical (unpaired) electrons. The first kappa shape index (κ1) is 10.1. The molecule has 0 aliphatic carbocycles. The van der Waals surface area contributed by atoms with E-state index in [0.29, 0.717) is 11.1 Å². The molecule has 0 saturated carbocycles. The van der Waals surface area contributed by atoms with E-state index in [2.05, 4.69) is 0 Å². The first-order valence-corrected chi connectivity index (χ1v) is 3.99. The number of amides is 1. The molecular formula is C10H10N2O2. The van der Waals surface area contributed by atoms with Gasteiger partial charge in [0.15, 0.2) is 0 Å². The number of carbonyl (C=O) groups excluding carboxylic acids is 1. The maximum Gasteiger partial charge on any atom is 0.252 e. The van der Waals surface area contributed by atoms with Gasteiger partial charge in [-0.1, -0.05) is 6.07 Å². The van der Waals surface area contributed by atoms with Gasteiger partial charge < -0.3 is 10.5 Å². The van der Waals surface area contributed by atoms with Crippen molar-refractivity contribution in [2.24, 2.45) is 5.73 Å². The molecule has 4 heteroatoms. The predicted molar refractivity (Wildman–Crippen MR) is 51.0 cm³/mol. The number of aryl methyl sites for hydroxylation is 1. The minimum Gasteiger partial charge on any atom is -0.495 e. The highest BCUT2D eigenvalue weighted by molar-refractivity contribution is 5.97. The van der Waals surface area contributed by atoms with Crippen molar-refractivity contribution in [3.05, 3.63) is 28.8 Å². The van der Waals surface area contributed by atoms with Crippen LogP contribution < -0.4 is 10.5 Å². The van der Waals surface area contributed by atoms with Gasteiger partial charge in [-0.15, -0.1) is 0 Å². The van der Waals surface area contributed by atoms with E-state index in [9.17, 15) is 4.79 Å². The topological polar surface area (TPSA) is 76.1 Å². The third-order valence-corrected chi connectivity index (χ3v) is 1.94. The molecule has 1 aromatic carbocycles. The molecule has 1 amide bonds. The van der Waals surface area contributed by atoms with Crippen molar-refractivity contribution in [2.45, 2.75) is 6.92 Å². The van der Waals surface area contributed by atoms with Crippen LogP contribution in [0.2, 0.25) is 0 Å². The number of nitrogens with zero attached hydrogens (tertiary/aromatic N) is 1. The monoisotopic (exact) mass is 190 g/mol. The van der Waals surface area contributed by atoms with Gasteiger partial charge in [0.1, 0.15) is 11.8 Å². The van der Waals surface area contributed by atoms with Crippen LogP contribution in [0.25, 0.3) is 0 Å². The number of carbonyl (C=O) groups is 1. The quantitative estimate of drug-likeness (QED) is 0.755. The van der Waals surface area contributed by atoms with Gasteiger partial charge in [0.2, 0.25) is 0 Å².